The maximum absolute atomic E-state index is 5.55. The van der Waals surface area contributed by atoms with Gasteiger partial charge in [0.05, 0.1) is 14.2 Å². The van der Waals surface area contributed by atoms with Crippen LogP contribution in [0.15, 0.2) is 16.6 Å². The highest BCUT2D eigenvalue weighted by Crippen LogP contribution is 2.50. The molecule has 3 atom stereocenters. The fraction of sp³-hybridized carbons (Fsp3) is 0.571. The van der Waals surface area contributed by atoms with Gasteiger partial charge in [0.15, 0.2) is 0 Å². The molecule has 3 nitrogen and oxygen atoms in total. The van der Waals surface area contributed by atoms with E-state index >= 15 is 0 Å². The van der Waals surface area contributed by atoms with E-state index < -0.39 is 0 Å². The summed E-state index contributed by atoms with van der Waals surface area (Å²) in [4.78, 5) is 0. The number of halogens is 1. The zero-order valence-electron chi connectivity index (χ0n) is 11.3. The highest BCUT2D eigenvalue weighted by molar-refractivity contribution is 9.10. The first kappa shape index (κ1) is 13.7. The van der Waals surface area contributed by atoms with Crippen LogP contribution in [0.25, 0.3) is 0 Å². The van der Waals surface area contributed by atoms with Crippen molar-refractivity contribution in [2.75, 3.05) is 21.3 Å². The smallest absolute Gasteiger partial charge is 0.141 e. The Morgan fingerprint density at radius 2 is 2.00 bits per heavy atom. The minimum atomic E-state index is 0.345. The van der Waals surface area contributed by atoms with Crippen molar-refractivity contribution in [3.63, 3.8) is 0 Å². The Morgan fingerprint density at radius 3 is 2.44 bits per heavy atom. The lowest BCUT2D eigenvalue weighted by Gasteiger charge is -2.21. The first-order valence-corrected chi connectivity index (χ1v) is 7.01. The van der Waals surface area contributed by atoms with Crippen LogP contribution >= 0.6 is 15.9 Å². The number of hydrogen-bond acceptors (Lipinski definition) is 3. The Balaban J connectivity index is 2.40. The number of hydrogen-bond donors (Lipinski definition) is 1. The van der Waals surface area contributed by atoms with E-state index in [1.807, 2.05) is 13.1 Å². The minimum absolute atomic E-state index is 0.345. The van der Waals surface area contributed by atoms with Crippen molar-refractivity contribution in [1.29, 1.82) is 0 Å². The lowest BCUT2D eigenvalue weighted by atomic mass is 10.00. The quantitative estimate of drug-likeness (QED) is 0.904. The molecule has 1 aliphatic carbocycles. The highest BCUT2D eigenvalue weighted by Gasteiger charge is 2.40. The second kappa shape index (κ2) is 5.49. The van der Waals surface area contributed by atoms with Gasteiger partial charge in [0, 0.05) is 11.6 Å². The second-order valence-electron chi connectivity index (χ2n) is 4.85. The van der Waals surface area contributed by atoms with Gasteiger partial charge in [-0.3, -0.25) is 0 Å². The Morgan fingerprint density at radius 1 is 1.33 bits per heavy atom. The fourth-order valence-electron chi connectivity index (χ4n) is 2.58. The monoisotopic (exact) mass is 313 g/mol. The van der Waals surface area contributed by atoms with Crippen LogP contribution in [0.5, 0.6) is 11.5 Å². The number of nitrogens with one attached hydrogen (secondary N) is 1. The Kier molecular flexibility index (Phi) is 4.17. The van der Waals surface area contributed by atoms with E-state index in [0.29, 0.717) is 12.0 Å². The van der Waals surface area contributed by atoms with E-state index in [0.717, 1.165) is 21.9 Å². The summed E-state index contributed by atoms with van der Waals surface area (Å²) < 4.78 is 11.7. The molecule has 1 saturated carbocycles. The molecule has 0 heterocycles. The summed E-state index contributed by atoms with van der Waals surface area (Å²) in [5.41, 5.74) is 1.20. The van der Waals surface area contributed by atoms with E-state index in [4.69, 9.17) is 9.47 Å². The van der Waals surface area contributed by atoms with Gasteiger partial charge in [0.1, 0.15) is 16.0 Å². The average molecular weight is 314 g/mol. The first-order valence-electron chi connectivity index (χ1n) is 6.21. The van der Waals surface area contributed by atoms with Crippen molar-refractivity contribution in [2.45, 2.75) is 19.4 Å². The van der Waals surface area contributed by atoms with Gasteiger partial charge in [-0.2, -0.15) is 0 Å². The summed E-state index contributed by atoms with van der Waals surface area (Å²) in [6.07, 6.45) is 1.28. The number of ether oxygens (including phenoxy) is 2. The van der Waals surface area contributed by atoms with Gasteiger partial charge in [-0.1, -0.05) is 6.92 Å². The zero-order valence-corrected chi connectivity index (χ0v) is 12.9. The molecular formula is C14H20BrNO2. The molecule has 1 N–H and O–H groups in total. The number of methoxy groups -OCH3 is 2. The van der Waals surface area contributed by atoms with Gasteiger partial charge >= 0.3 is 0 Å². The maximum atomic E-state index is 5.55. The summed E-state index contributed by atoms with van der Waals surface area (Å²) >= 11 is 3.56. The molecule has 1 aliphatic rings. The molecule has 1 fully saturated rings. The van der Waals surface area contributed by atoms with Crippen LogP contribution < -0.4 is 14.8 Å². The molecule has 1 aromatic carbocycles. The van der Waals surface area contributed by atoms with Crippen LogP contribution in [0.4, 0.5) is 0 Å². The molecular weight excluding hydrogens is 294 g/mol. The van der Waals surface area contributed by atoms with Crippen molar-refractivity contribution in [3.8, 4) is 11.5 Å². The molecule has 0 aliphatic heterocycles. The van der Waals surface area contributed by atoms with Crippen molar-refractivity contribution in [2.24, 2.45) is 11.8 Å². The van der Waals surface area contributed by atoms with Gasteiger partial charge in [0.2, 0.25) is 0 Å². The summed E-state index contributed by atoms with van der Waals surface area (Å²) in [5, 5.41) is 3.41. The number of rotatable bonds is 5. The molecule has 0 amide bonds. The molecule has 18 heavy (non-hydrogen) atoms. The topological polar surface area (TPSA) is 30.5 Å². The second-order valence-corrected chi connectivity index (χ2v) is 5.64. The van der Waals surface area contributed by atoms with Gasteiger partial charge in [-0.05, 0) is 53.4 Å². The molecule has 0 radical (unpaired) electrons. The summed E-state index contributed by atoms with van der Waals surface area (Å²) in [6.45, 7) is 2.29. The van der Waals surface area contributed by atoms with E-state index in [-0.39, 0.29) is 0 Å². The molecule has 0 spiro atoms. The third-order valence-electron chi connectivity index (χ3n) is 3.76. The third-order valence-corrected chi connectivity index (χ3v) is 4.51. The van der Waals surface area contributed by atoms with Crippen molar-refractivity contribution >= 4 is 15.9 Å². The minimum Gasteiger partial charge on any atom is -0.495 e. The van der Waals surface area contributed by atoms with Crippen LogP contribution in [0.1, 0.15) is 24.9 Å². The molecule has 3 unspecified atom stereocenters. The van der Waals surface area contributed by atoms with Gasteiger partial charge in [-0.25, -0.2) is 0 Å². The largest absolute Gasteiger partial charge is 0.495 e. The van der Waals surface area contributed by atoms with E-state index in [2.05, 4.69) is 34.2 Å². The summed E-state index contributed by atoms with van der Waals surface area (Å²) in [7, 11) is 5.37. The van der Waals surface area contributed by atoms with Crippen LogP contribution in [0, 0.1) is 11.8 Å². The predicted molar refractivity (Wildman–Crippen MR) is 76.3 cm³/mol. The van der Waals surface area contributed by atoms with E-state index in [1.54, 1.807) is 14.2 Å². The summed E-state index contributed by atoms with van der Waals surface area (Å²) in [5.74, 6) is 3.15. The van der Waals surface area contributed by atoms with Gasteiger partial charge in [-0.15, -0.1) is 0 Å². The summed E-state index contributed by atoms with van der Waals surface area (Å²) in [6, 6.07) is 4.42. The predicted octanol–water partition coefficient (Wildman–Crippen LogP) is 3.38. The molecule has 4 heteroatoms. The maximum Gasteiger partial charge on any atom is 0.141 e. The lowest BCUT2D eigenvalue weighted by Crippen LogP contribution is -2.20. The molecule has 0 aromatic heterocycles. The van der Waals surface area contributed by atoms with Gasteiger partial charge in [0.25, 0.3) is 0 Å². The Hall–Kier alpha value is -0.740. The van der Waals surface area contributed by atoms with Crippen LogP contribution in [0.3, 0.4) is 0 Å². The van der Waals surface area contributed by atoms with Crippen molar-refractivity contribution < 1.29 is 9.47 Å². The molecule has 1 aromatic rings. The average Bonchev–Trinajstić information content (AvgIpc) is 3.08. The Bertz CT molecular complexity index is 436. The molecule has 100 valence electrons. The van der Waals surface area contributed by atoms with E-state index in [9.17, 15) is 0 Å². The molecule has 2 rings (SSSR count). The highest BCUT2D eigenvalue weighted by atomic mass is 79.9. The Labute approximate surface area is 117 Å². The fourth-order valence-corrected chi connectivity index (χ4v) is 3.26. The van der Waals surface area contributed by atoms with Crippen molar-refractivity contribution in [3.05, 3.63) is 22.2 Å². The molecule has 0 bridgehead atoms. The zero-order chi connectivity index (χ0) is 13.3. The van der Waals surface area contributed by atoms with Gasteiger partial charge < -0.3 is 14.8 Å². The first-order chi connectivity index (χ1) is 8.63. The number of benzene rings is 1. The van der Waals surface area contributed by atoms with E-state index in [1.165, 1.54) is 12.0 Å². The normalized spacial score (nSPS) is 23.6. The SMILES string of the molecule is CNC(c1ccc(OC)c(Br)c1OC)C1CC1C. The van der Waals surface area contributed by atoms with Crippen LogP contribution in [0.2, 0.25) is 0 Å². The third kappa shape index (κ3) is 2.36. The van der Waals surface area contributed by atoms with Crippen LogP contribution in [-0.4, -0.2) is 21.3 Å². The lowest BCUT2D eigenvalue weighted by molar-refractivity contribution is 0.376. The standard InChI is InChI=1S/C14H20BrNO2/c1-8-7-10(8)13(16-2)9-5-6-11(17-3)12(15)14(9)18-4/h5-6,8,10,13,16H,7H2,1-4H3. The van der Waals surface area contributed by atoms with Crippen LogP contribution in [-0.2, 0) is 0 Å². The van der Waals surface area contributed by atoms with Crippen molar-refractivity contribution in [1.82, 2.24) is 5.32 Å². The molecule has 0 saturated heterocycles.